The van der Waals surface area contributed by atoms with Gasteiger partial charge in [-0.3, -0.25) is 4.57 Å². The number of methoxy groups -OCH3 is 1. The van der Waals surface area contributed by atoms with Crippen LogP contribution >= 0.6 is 15.9 Å². The molecule has 0 spiro atoms. The molecule has 2 N–H and O–H groups in total. The molecule has 0 aliphatic heterocycles. The third-order valence-corrected chi connectivity index (χ3v) is 4.47. The summed E-state index contributed by atoms with van der Waals surface area (Å²) in [7, 11) is 1.65. The predicted octanol–water partition coefficient (Wildman–Crippen LogP) is 3.28. The number of nitrogen functional groups attached to an aromatic ring is 1. The molecule has 0 saturated heterocycles. The van der Waals surface area contributed by atoms with E-state index in [4.69, 9.17) is 10.5 Å². The van der Waals surface area contributed by atoms with Crippen LogP contribution in [0.25, 0.3) is 5.69 Å². The molecule has 0 amide bonds. The average molecular weight is 337 g/mol. The molecule has 0 radical (unpaired) electrons. The molecule has 2 aromatic rings. The van der Waals surface area contributed by atoms with Crippen molar-refractivity contribution in [2.75, 3.05) is 12.8 Å². The lowest BCUT2D eigenvalue weighted by Crippen LogP contribution is -2.10. The molecule has 1 heterocycles. The van der Waals surface area contributed by atoms with Crippen LogP contribution in [0.2, 0.25) is 0 Å². The van der Waals surface area contributed by atoms with Crippen LogP contribution in [0.3, 0.4) is 0 Å². The summed E-state index contributed by atoms with van der Waals surface area (Å²) in [5.41, 5.74) is 6.92. The first-order chi connectivity index (χ1) is 9.72. The summed E-state index contributed by atoms with van der Waals surface area (Å²) in [4.78, 5) is 0. The largest absolute Gasteiger partial charge is 0.495 e. The summed E-state index contributed by atoms with van der Waals surface area (Å²) in [6.45, 7) is 0. The van der Waals surface area contributed by atoms with Crippen LogP contribution in [0.5, 0.6) is 5.75 Å². The molecule has 1 saturated carbocycles. The maximum atomic E-state index is 6.05. The van der Waals surface area contributed by atoms with E-state index in [0.717, 1.165) is 34.6 Å². The number of anilines is 1. The Kier molecular flexibility index (Phi) is 3.65. The van der Waals surface area contributed by atoms with Gasteiger partial charge < -0.3 is 10.5 Å². The molecule has 106 valence electrons. The van der Waals surface area contributed by atoms with Crippen molar-refractivity contribution in [2.24, 2.45) is 0 Å². The van der Waals surface area contributed by atoms with Crippen molar-refractivity contribution in [3.8, 4) is 11.4 Å². The molecule has 1 aromatic heterocycles. The first kappa shape index (κ1) is 13.4. The van der Waals surface area contributed by atoms with E-state index in [1.807, 2.05) is 22.8 Å². The van der Waals surface area contributed by atoms with Gasteiger partial charge in [0.2, 0.25) is 5.95 Å². The van der Waals surface area contributed by atoms with E-state index < -0.39 is 0 Å². The Labute approximate surface area is 126 Å². The van der Waals surface area contributed by atoms with Gasteiger partial charge in [0.15, 0.2) is 0 Å². The van der Waals surface area contributed by atoms with Gasteiger partial charge in [-0.25, -0.2) is 0 Å². The maximum absolute atomic E-state index is 6.05. The fourth-order valence-electron chi connectivity index (χ4n) is 2.86. The molecule has 3 rings (SSSR count). The van der Waals surface area contributed by atoms with Crippen molar-refractivity contribution < 1.29 is 4.74 Å². The summed E-state index contributed by atoms with van der Waals surface area (Å²) in [5.74, 6) is 2.52. The lowest BCUT2D eigenvalue weighted by molar-refractivity contribution is 0.412. The predicted molar refractivity (Wildman–Crippen MR) is 81.2 cm³/mol. The van der Waals surface area contributed by atoms with Crippen molar-refractivity contribution in [3.05, 3.63) is 28.5 Å². The summed E-state index contributed by atoms with van der Waals surface area (Å²) in [5, 5.41) is 8.37. The van der Waals surface area contributed by atoms with E-state index in [2.05, 4.69) is 26.1 Å². The van der Waals surface area contributed by atoms with Crippen molar-refractivity contribution in [2.45, 2.75) is 31.6 Å². The first-order valence-electron chi connectivity index (χ1n) is 6.76. The Morgan fingerprint density at radius 2 is 2.05 bits per heavy atom. The second kappa shape index (κ2) is 5.44. The van der Waals surface area contributed by atoms with Gasteiger partial charge in [-0.1, -0.05) is 18.9 Å². The third-order valence-electron chi connectivity index (χ3n) is 3.83. The fourth-order valence-corrected chi connectivity index (χ4v) is 3.39. The monoisotopic (exact) mass is 336 g/mol. The summed E-state index contributed by atoms with van der Waals surface area (Å²) in [6, 6.07) is 5.82. The number of nitrogens with two attached hydrogens (primary N) is 1. The topological polar surface area (TPSA) is 66.0 Å². The number of para-hydroxylation sites is 1. The lowest BCUT2D eigenvalue weighted by Gasteiger charge is -2.16. The minimum Gasteiger partial charge on any atom is -0.495 e. The van der Waals surface area contributed by atoms with E-state index in [1.165, 1.54) is 12.8 Å². The van der Waals surface area contributed by atoms with Crippen LogP contribution in [0.4, 0.5) is 5.95 Å². The number of hydrogen-bond acceptors (Lipinski definition) is 4. The Morgan fingerprint density at radius 3 is 2.75 bits per heavy atom. The summed E-state index contributed by atoms with van der Waals surface area (Å²) in [6.07, 6.45) is 4.77. The summed E-state index contributed by atoms with van der Waals surface area (Å²) < 4.78 is 8.30. The maximum Gasteiger partial charge on any atom is 0.226 e. The number of rotatable bonds is 3. The van der Waals surface area contributed by atoms with E-state index in [-0.39, 0.29) is 0 Å². The van der Waals surface area contributed by atoms with Gasteiger partial charge in [0.25, 0.3) is 0 Å². The zero-order chi connectivity index (χ0) is 14.1. The standard InChI is InChI=1S/C14H17BrN4O/c1-20-11-8-4-7-10(15)12(11)19-13(17-18-14(19)16)9-5-2-3-6-9/h4,7-9H,2-3,5-6H2,1H3,(H2,16,18). The molecule has 6 heteroatoms. The van der Waals surface area contributed by atoms with Crippen LogP contribution in [-0.4, -0.2) is 21.9 Å². The number of ether oxygens (including phenoxy) is 1. The van der Waals surface area contributed by atoms with Crippen LogP contribution in [0.1, 0.15) is 37.4 Å². The Hall–Kier alpha value is -1.56. The van der Waals surface area contributed by atoms with Crippen molar-refractivity contribution in [1.82, 2.24) is 14.8 Å². The van der Waals surface area contributed by atoms with Gasteiger partial charge in [-0.05, 0) is 40.9 Å². The van der Waals surface area contributed by atoms with Crippen molar-refractivity contribution in [3.63, 3.8) is 0 Å². The molecule has 0 atom stereocenters. The van der Waals surface area contributed by atoms with Crippen LogP contribution in [0.15, 0.2) is 22.7 Å². The highest BCUT2D eigenvalue weighted by Crippen LogP contribution is 2.38. The molecule has 1 aromatic carbocycles. The fraction of sp³-hybridized carbons (Fsp3) is 0.429. The molecule has 1 fully saturated rings. The van der Waals surface area contributed by atoms with E-state index in [1.54, 1.807) is 7.11 Å². The normalized spacial score (nSPS) is 15.7. The Bertz CT molecular complexity index is 620. The number of benzene rings is 1. The van der Waals surface area contributed by atoms with Gasteiger partial charge in [0.1, 0.15) is 17.3 Å². The van der Waals surface area contributed by atoms with Gasteiger partial charge >= 0.3 is 0 Å². The van der Waals surface area contributed by atoms with Crippen LogP contribution < -0.4 is 10.5 Å². The number of hydrogen-bond donors (Lipinski definition) is 1. The Morgan fingerprint density at radius 1 is 1.30 bits per heavy atom. The highest BCUT2D eigenvalue weighted by atomic mass is 79.9. The minimum atomic E-state index is 0.400. The molecule has 20 heavy (non-hydrogen) atoms. The zero-order valence-electron chi connectivity index (χ0n) is 11.3. The van der Waals surface area contributed by atoms with Crippen LogP contribution in [-0.2, 0) is 0 Å². The highest BCUT2D eigenvalue weighted by molar-refractivity contribution is 9.10. The third kappa shape index (κ3) is 2.18. The zero-order valence-corrected chi connectivity index (χ0v) is 12.9. The molecule has 0 unspecified atom stereocenters. The number of aromatic nitrogens is 3. The molecular formula is C14H17BrN4O. The minimum absolute atomic E-state index is 0.400. The SMILES string of the molecule is COc1cccc(Br)c1-n1c(N)nnc1C1CCCC1. The molecular weight excluding hydrogens is 320 g/mol. The van der Waals surface area contributed by atoms with Crippen molar-refractivity contribution >= 4 is 21.9 Å². The van der Waals surface area contributed by atoms with E-state index in [0.29, 0.717) is 11.9 Å². The van der Waals surface area contributed by atoms with Gasteiger partial charge in [-0.15, -0.1) is 10.2 Å². The average Bonchev–Trinajstić information content (AvgIpc) is 3.08. The van der Waals surface area contributed by atoms with Gasteiger partial charge in [-0.2, -0.15) is 0 Å². The number of nitrogens with zero attached hydrogens (tertiary/aromatic N) is 3. The highest BCUT2D eigenvalue weighted by Gasteiger charge is 2.26. The van der Waals surface area contributed by atoms with Crippen molar-refractivity contribution in [1.29, 1.82) is 0 Å². The second-order valence-electron chi connectivity index (χ2n) is 5.02. The lowest BCUT2D eigenvalue weighted by atomic mass is 10.1. The number of halogens is 1. The quantitative estimate of drug-likeness (QED) is 0.933. The molecule has 5 nitrogen and oxygen atoms in total. The first-order valence-corrected chi connectivity index (χ1v) is 7.55. The van der Waals surface area contributed by atoms with Gasteiger partial charge in [0.05, 0.1) is 7.11 Å². The Balaban J connectivity index is 2.17. The molecule has 1 aliphatic carbocycles. The molecule has 1 aliphatic rings. The van der Waals surface area contributed by atoms with E-state index >= 15 is 0 Å². The van der Waals surface area contributed by atoms with Crippen LogP contribution in [0, 0.1) is 0 Å². The summed E-state index contributed by atoms with van der Waals surface area (Å²) >= 11 is 3.57. The van der Waals surface area contributed by atoms with Gasteiger partial charge in [0, 0.05) is 10.4 Å². The molecule has 0 bridgehead atoms. The smallest absolute Gasteiger partial charge is 0.226 e. The second-order valence-corrected chi connectivity index (χ2v) is 5.88. The van der Waals surface area contributed by atoms with E-state index in [9.17, 15) is 0 Å².